The molecule has 1 fully saturated rings. The highest BCUT2D eigenvalue weighted by Crippen LogP contribution is 2.17. The van der Waals surface area contributed by atoms with E-state index in [4.69, 9.17) is 0 Å². The van der Waals surface area contributed by atoms with Gasteiger partial charge in [-0.1, -0.05) is 47.0 Å². The van der Waals surface area contributed by atoms with Gasteiger partial charge < -0.3 is 14.4 Å². The molecule has 0 atom stereocenters. The molecule has 0 aromatic heterocycles. The monoisotopic (exact) mass is 392 g/mol. The van der Waals surface area contributed by atoms with E-state index in [-0.39, 0.29) is 5.75 Å². The molecule has 26 heavy (non-hydrogen) atoms. The highest BCUT2D eigenvalue weighted by atomic mass is 32.2. The number of quaternary nitrogens is 1. The van der Waals surface area contributed by atoms with Gasteiger partial charge in [0.05, 0.1) is 42.1 Å². The van der Waals surface area contributed by atoms with Crippen molar-refractivity contribution in [3.05, 3.63) is 0 Å². The molecule has 0 radical (unpaired) electrons. The van der Waals surface area contributed by atoms with Crippen molar-refractivity contribution in [2.75, 3.05) is 38.5 Å². The zero-order chi connectivity index (χ0) is 19.9. The molecule has 1 N–H and O–H groups in total. The van der Waals surface area contributed by atoms with Crippen LogP contribution in [0.4, 0.5) is 0 Å². The fourth-order valence-corrected chi connectivity index (χ4v) is 4.63. The lowest BCUT2D eigenvalue weighted by atomic mass is 9.96. The third kappa shape index (κ3) is 13.1. The predicted octanol–water partition coefficient (Wildman–Crippen LogP) is 3.90. The van der Waals surface area contributed by atoms with E-state index in [2.05, 4.69) is 33.0 Å². The van der Waals surface area contributed by atoms with Crippen molar-refractivity contribution in [1.82, 2.24) is 5.32 Å². The Balaban J connectivity index is 0.000000481. The Bertz CT molecular complexity index is 391. The highest BCUT2D eigenvalue weighted by molar-refractivity contribution is 7.85. The summed E-state index contributed by atoms with van der Waals surface area (Å²) < 4.78 is 32.2. The van der Waals surface area contributed by atoms with Gasteiger partial charge >= 0.3 is 0 Å². The minimum atomic E-state index is -4.04. The smallest absolute Gasteiger partial charge is 0.0958 e. The number of hydrogen-bond acceptors (Lipinski definition) is 4. The fraction of sp³-hybridized carbons (Fsp3) is 1.00. The summed E-state index contributed by atoms with van der Waals surface area (Å²) in [5, 5.41) is 3.10. The minimum absolute atomic E-state index is 0.288. The second-order valence-corrected chi connectivity index (χ2v) is 9.31. The van der Waals surface area contributed by atoms with E-state index in [9.17, 15) is 13.0 Å². The third-order valence-electron chi connectivity index (χ3n) is 5.18. The molecule has 0 unspecified atom stereocenters. The second kappa shape index (κ2) is 14.8. The zero-order valence-corrected chi connectivity index (χ0v) is 18.6. The van der Waals surface area contributed by atoms with Gasteiger partial charge in [0.25, 0.3) is 0 Å². The Morgan fingerprint density at radius 3 is 1.62 bits per heavy atom. The molecule has 0 bridgehead atoms. The molecule has 1 aliphatic carbocycles. The van der Waals surface area contributed by atoms with Crippen LogP contribution in [0.15, 0.2) is 0 Å². The Morgan fingerprint density at radius 1 is 0.846 bits per heavy atom. The molecule has 0 spiro atoms. The first-order valence-corrected chi connectivity index (χ1v) is 12.4. The van der Waals surface area contributed by atoms with Crippen LogP contribution in [-0.4, -0.2) is 62.0 Å². The molecule has 0 aromatic carbocycles. The summed E-state index contributed by atoms with van der Waals surface area (Å²) in [6, 6.07) is 0.426. The molecular formula is C20H44N2O3S. The summed E-state index contributed by atoms with van der Waals surface area (Å²) in [6.07, 6.45) is 11.2. The van der Waals surface area contributed by atoms with Crippen molar-refractivity contribution in [3.63, 3.8) is 0 Å². The van der Waals surface area contributed by atoms with Crippen LogP contribution in [0.1, 0.15) is 85.5 Å². The maximum Gasteiger partial charge on any atom is 0.0958 e. The standard InChI is InChI=1S/C12H28N.C8H17NO3S/c1-5-9-13(10-6-2,11-7-3)12-8-4;10-13(11,12)7-6-9-8-4-2-1-3-5-8/h5-12H2,1-4H3;8-9H,1-7H2,(H,10,11,12)/q+1;/p-1. The Hall–Kier alpha value is -0.170. The van der Waals surface area contributed by atoms with E-state index in [0.29, 0.717) is 12.6 Å². The number of nitrogens with one attached hydrogen (secondary N) is 1. The normalized spacial score (nSPS) is 16.2. The van der Waals surface area contributed by atoms with Gasteiger partial charge in [-0.25, -0.2) is 8.42 Å². The Morgan fingerprint density at radius 2 is 1.27 bits per heavy atom. The molecule has 1 aliphatic rings. The molecule has 0 aliphatic heterocycles. The number of rotatable bonds is 12. The lowest BCUT2D eigenvalue weighted by molar-refractivity contribution is -0.928. The van der Waals surface area contributed by atoms with Crippen molar-refractivity contribution in [2.45, 2.75) is 91.5 Å². The average molecular weight is 393 g/mol. The maximum atomic E-state index is 10.3. The second-order valence-electron chi connectivity index (χ2n) is 7.79. The Kier molecular flexibility index (Phi) is 14.7. The lowest BCUT2D eigenvalue weighted by Gasteiger charge is -2.38. The molecule has 5 nitrogen and oxygen atoms in total. The van der Waals surface area contributed by atoms with Crippen molar-refractivity contribution in [3.8, 4) is 0 Å². The summed E-state index contributed by atoms with van der Waals surface area (Å²) in [6.45, 7) is 15.1. The summed E-state index contributed by atoms with van der Waals surface area (Å²) >= 11 is 0. The van der Waals surface area contributed by atoms with Crippen LogP contribution in [0.5, 0.6) is 0 Å². The molecule has 6 heteroatoms. The largest absolute Gasteiger partial charge is 0.748 e. The first-order chi connectivity index (χ1) is 12.3. The van der Waals surface area contributed by atoms with Gasteiger partial charge in [0.2, 0.25) is 0 Å². The number of hydrogen-bond donors (Lipinski definition) is 1. The maximum absolute atomic E-state index is 10.3. The first-order valence-electron chi connectivity index (χ1n) is 10.8. The van der Waals surface area contributed by atoms with E-state index in [0.717, 1.165) is 12.8 Å². The van der Waals surface area contributed by atoms with Crippen molar-refractivity contribution in [2.24, 2.45) is 0 Å². The topological polar surface area (TPSA) is 69.2 Å². The van der Waals surface area contributed by atoms with Crippen molar-refractivity contribution < 1.29 is 17.5 Å². The average Bonchev–Trinajstić information content (AvgIpc) is 2.56. The van der Waals surface area contributed by atoms with Gasteiger partial charge in [-0.3, -0.25) is 0 Å². The van der Waals surface area contributed by atoms with Gasteiger partial charge in [-0.05, 0) is 38.5 Å². The Labute approximate surface area is 163 Å². The van der Waals surface area contributed by atoms with E-state index in [1.54, 1.807) is 0 Å². The van der Waals surface area contributed by atoms with Crippen molar-refractivity contribution >= 4 is 10.1 Å². The molecule has 0 saturated heterocycles. The molecule has 0 heterocycles. The zero-order valence-electron chi connectivity index (χ0n) is 17.8. The fourth-order valence-electron chi connectivity index (χ4n) is 4.26. The molecule has 0 amide bonds. The van der Waals surface area contributed by atoms with Crippen LogP contribution >= 0.6 is 0 Å². The number of nitrogens with zero attached hydrogens (tertiary/aromatic N) is 1. The van der Waals surface area contributed by atoms with Gasteiger partial charge in [-0.15, -0.1) is 0 Å². The van der Waals surface area contributed by atoms with Crippen molar-refractivity contribution in [1.29, 1.82) is 0 Å². The van der Waals surface area contributed by atoms with E-state index in [1.165, 1.54) is 75.6 Å². The van der Waals surface area contributed by atoms with Crippen LogP contribution in [0, 0.1) is 0 Å². The summed E-state index contributed by atoms with van der Waals surface area (Å²) in [5.41, 5.74) is 0. The summed E-state index contributed by atoms with van der Waals surface area (Å²) in [7, 11) is -4.04. The van der Waals surface area contributed by atoms with Gasteiger partial charge in [0, 0.05) is 12.6 Å². The van der Waals surface area contributed by atoms with Gasteiger partial charge in [-0.2, -0.15) is 0 Å². The lowest BCUT2D eigenvalue weighted by Crippen LogP contribution is -2.50. The highest BCUT2D eigenvalue weighted by Gasteiger charge is 2.22. The molecule has 158 valence electrons. The van der Waals surface area contributed by atoms with Crippen LogP contribution in [-0.2, 0) is 10.1 Å². The molecular weight excluding hydrogens is 348 g/mol. The van der Waals surface area contributed by atoms with E-state index >= 15 is 0 Å². The van der Waals surface area contributed by atoms with Gasteiger partial charge in [0.15, 0.2) is 0 Å². The molecule has 0 aromatic rings. The first kappa shape index (κ1) is 25.8. The van der Waals surface area contributed by atoms with Crippen LogP contribution in [0.2, 0.25) is 0 Å². The predicted molar refractivity (Wildman–Crippen MR) is 110 cm³/mol. The minimum Gasteiger partial charge on any atom is -0.748 e. The van der Waals surface area contributed by atoms with Crippen LogP contribution < -0.4 is 5.32 Å². The summed E-state index contributed by atoms with van der Waals surface area (Å²) in [5.74, 6) is -0.288. The molecule has 1 saturated carbocycles. The third-order valence-corrected chi connectivity index (χ3v) is 5.89. The molecule has 1 rings (SSSR count). The van der Waals surface area contributed by atoms with Crippen LogP contribution in [0.25, 0.3) is 0 Å². The summed E-state index contributed by atoms with van der Waals surface area (Å²) in [4.78, 5) is 0. The quantitative estimate of drug-likeness (QED) is 0.404. The van der Waals surface area contributed by atoms with Crippen LogP contribution in [0.3, 0.4) is 0 Å². The SMILES string of the molecule is CCC[N+](CCC)(CCC)CCC.O=S(=O)([O-])CCNC1CCCCC1. The van der Waals surface area contributed by atoms with Gasteiger partial charge in [0.1, 0.15) is 0 Å². The van der Waals surface area contributed by atoms with E-state index < -0.39 is 10.1 Å². The van der Waals surface area contributed by atoms with E-state index in [1.807, 2.05) is 0 Å².